The van der Waals surface area contributed by atoms with Crippen LogP contribution in [-0.2, 0) is 0 Å². The minimum Gasteiger partial charge on any atom is -0.480 e. The molecular formula is C16H20N4O4. The van der Waals surface area contributed by atoms with Gasteiger partial charge in [-0.1, -0.05) is 5.16 Å². The first-order valence-electron chi connectivity index (χ1n) is 7.83. The van der Waals surface area contributed by atoms with Crippen LogP contribution in [-0.4, -0.2) is 52.2 Å². The zero-order valence-electron chi connectivity index (χ0n) is 14.0. The topological polar surface area (TPSA) is 90.6 Å². The Hall–Kier alpha value is -2.64. The highest BCUT2D eigenvalue weighted by Crippen LogP contribution is 2.21. The van der Waals surface area contributed by atoms with Gasteiger partial charge in [-0.25, -0.2) is 0 Å². The first kappa shape index (κ1) is 16.2. The Morgan fingerprint density at radius 3 is 2.83 bits per heavy atom. The summed E-state index contributed by atoms with van der Waals surface area (Å²) in [5.74, 6) is 1.26. The second-order valence-corrected chi connectivity index (χ2v) is 5.73. The van der Waals surface area contributed by atoms with Gasteiger partial charge in [0, 0.05) is 6.54 Å². The molecule has 0 aromatic carbocycles. The van der Waals surface area contributed by atoms with Crippen molar-refractivity contribution in [2.75, 3.05) is 20.2 Å². The Labute approximate surface area is 139 Å². The standard InChI is InChI=1S/C16H20N4O4/c1-10-15(11(2)24-19-10)16(21)20-6-4-5-12(9-20)23-14-8-17-7-13(18-14)22-3/h7-8,12H,4-6,9H2,1-3H3/t12-/m1/s1. The molecule has 1 aliphatic rings. The van der Waals surface area contributed by atoms with E-state index in [-0.39, 0.29) is 12.0 Å². The molecular weight excluding hydrogens is 312 g/mol. The highest BCUT2D eigenvalue weighted by atomic mass is 16.5. The lowest BCUT2D eigenvalue weighted by molar-refractivity contribution is 0.0523. The number of likely N-dealkylation sites (tertiary alicyclic amines) is 1. The largest absolute Gasteiger partial charge is 0.480 e. The third kappa shape index (κ3) is 3.32. The van der Waals surface area contributed by atoms with Crippen LogP contribution in [0.25, 0.3) is 0 Å². The number of rotatable bonds is 4. The number of piperidine rings is 1. The van der Waals surface area contributed by atoms with Crippen molar-refractivity contribution >= 4 is 5.91 Å². The number of carbonyl (C=O) groups excluding carboxylic acids is 1. The Kier molecular flexibility index (Phi) is 4.64. The summed E-state index contributed by atoms with van der Waals surface area (Å²) in [5.41, 5.74) is 1.15. The predicted octanol–water partition coefficient (Wildman–Crippen LogP) is 1.77. The number of nitrogens with zero attached hydrogens (tertiary/aromatic N) is 4. The lowest BCUT2D eigenvalue weighted by Gasteiger charge is -2.32. The molecule has 2 aromatic rings. The van der Waals surface area contributed by atoms with Crippen molar-refractivity contribution in [1.29, 1.82) is 0 Å². The highest BCUT2D eigenvalue weighted by Gasteiger charge is 2.29. The molecule has 1 saturated heterocycles. The van der Waals surface area contributed by atoms with Crippen molar-refractivity contribution in [2.24, 2.45) is 0 Å². The van der Waals surface area contributed by atoms with Crippen LogP contribution < -0.4 is 9.47 Å². The van der Waals surface area contributed by atoms with Crippen LogP contribution in [0, 0.1) is 13.8 Å². The van der Waals surface area contributed by atoms with Gasteiger partial charge in [0.25, 0.3) is 5.91 Å². The van der Waals surface area contributed by atoms with E-state index in [2.05, 4.69) is 15.1 Å². The molecule has 24 heavy (non-hydrogen) atoms. The molecule has 0 bridgehead atoms. The van der Waals surface area contributed by atoms with Crippen molar-refractivity contribution in [2.45, 2.75) is 32.8 Å². The smallest absolute Gasteiger partial charge is 0.259 e. The molecule has 0 saturated carbocycles. The minimum atomic E-state index is -0.135. The maximum absolute atomic E-state index is 12.7. The fourth-order valence-corrected chi connectivity index (χ4v) is 2.82. The lowest BCUT2D eigenvalue weighted by Crippen LogP contribution is -2.44. The van der Waals surface area contributed by atoms with Gasteiger partial charge in [-0.05, 0) is 26.7 Å². The van der Waals surface area contributed by atoms with Gasteiger partial charge in [0.05, 0.1) is 31.7 Å². The predicted molar refractivity (Wildman–Crippen MR) is 84.1 cm³/mol. The molecule has 0 N–H and O–H groups in total. The summed E-state index contributed by atoms with van der Waals surface area (Å²) in [6.07, 6.45) is 4.63. The van der Waals surface area contributed by atoms with E-state index in [0.717, 1.165) is 12.8 Å². The molecule has 8 nitrogen and oxygen atoms in total. The van der Waals surface area contributed by atoms with E-state index < -0.39 is 0 Å². The first-order chi connectivity index (χ1) is 11.6. The third-order valence-corrected chi connectivity index (χ3v) is 4.00. The van der Waals surface area contributed by atoms with Gasteiger partial charge in [-0.15, -0.1) is 0 Å². The number of aryl methyl sites for hydroxylation is 2. The van der Waals surface area contributed by atoms with Crippen molar-refractivity contribution in [1.82, 2.24) is 20.0 Å². The van der Waals surface area contributed by atoms with Crippen LogP contribution in [0.4, 0.5) is 0 Å². The molecule has 128 valence electrons. The maximum atomic E-state index is 12.7. The van der Waals surface area contributed by atoms with Gasteiger partial charge < -0.3 is 18.9 Å². The van der Waals surface area contributed by atoms with E-state index in [0.29, 0.717) is 41.9 Å². The summed E-state index contributed by atoms with van der Waals surface area (Å²) in [6, 6.07) is 0. The van der Waals surface area contributed by atoms with Crippen molar-refractivity contribution in [3.8, 4) is 11.8 Å². The summed E-state index contributed by atoms with van der Waals surface area (Å²) in [7, 11) is 1.53. The SMILES string of the molecule is COc1cncc(O[C@@H]2CCCN(C(=O)c3c(C)noc3C)C2)n1. The van der Waals surface area contributed by atoms with Crippen LogP contribution in [0.1, 0.15) is 34.7 Å². The number of aromatic nitrogens is 3. The average molecular weight is 332 g/mol. The number of carbonyl (C=O) groups is 1. The van der Waals surface area contributed by atoms with Crippen LogP contribution >= 0.6 is 0 Å². The molecule has 1 fully saturated rings. The molecule has 0 radical (unpaired) electrons. The van der Waals surface area contributed by atoms with Gasteiger partial charge in [0.1, 0.15) is 17.4 Å². The number of ether oxygens (including phenoxy) is 2. The van der Waals surface area contributed by atoms with Crippen LogP contribution in [0.2, 0.25) is 0 Å². The first-order valence-corrected chi connectivity index (χ1v) is 7.83. The van der Waals surface area contributed by atoms with Crippen molar-refractivity contribution < 1.29 is 18.8 Å². The zero-order valence-corrected chi connectivity index (χ0v) is 14.0. The Morgan fingerprint density at radius 2 is 2.12 bits per heavy atom. The number of hydrogen-bond donors (Lipinski definition) is 0. The summed E-state index contributed by atoms with van der Waals surface area (Å²) < 4.78 is 16.0. The van der Waals surface area contributed by atoms with Crippen LogP contribution in [0.15, 0.2) is 16.9 Å². The van der Waals surface area contributed by atoms with Gasteiger partial charge in [0.15, 0.2) is 0 Å². The van der Waals surface area contributed by atoms with Crippen LogP contribution in [0.5, 0.6) is 11.8 Å². The second-order valence-electron chi connectivity index (χ2n) is 5.73. The Balaban J connectivity index is 1.69. The Morgan fingerprint density at radius 1 is 1.33 bits per heavy atom. The van der Waals surface area contributed by atoms with Gasteiger partial charge in [-0.2, -0.15) is 4.98 Å². The van der Waals surface area contributed by atoms with Crippen molar-refractivity contribution in [3.05, 3.63) is 29.4 Å². The van der Waals surface area contributed by atoms with E-state index in [1.807, 2.05) is 0 Å². The summed E-state index contributed by atoms with van der Waals surface area (Å²) in [6.45, 7) is 4.69. The monoisotopic (exact) mass is 332 g/mol. The van der Waals surface area contributed by atoms with E-state index in [1.54, 1.807) is 18.7 Å². The second kappa shape index (κ2) is 6.86. The van der Waals surface area contributed by atoms with Gasteiger partial charge in [-0.3, -0.25) is 9.78 Å². The van der Waals surface area contributed by atoms with Gasteiger partial charge >= 0.3 is 0 Å². The minimum absolute atomic E-state index is 0.0729. The molecule has 2 aromatic heterocycles. The fraction of sp³-hybridized carbons (Fsp3) is 0.500. The van der Waals surface area contributed by atoms with E-state index in [9.17, 15) is 4.79 Å². The van der Waals surface area contributed by atoms with E-state index >= 15 is 0 Å². The normalized spacial score (nSPS) is 17.6. The van der Waals surface area contributed by atoms with Crippen LogP contribution in [0.3, 0.4) is 0 Å². The highest BCUT2D eigenvalue weighted by molar-refractivity contribution is 5.96. The molecule has 0 spiro atoms. The number of amides is 1. The molecule has 0 unspecified atom stereocenters. The van der Waals surface area contributed by atoms with E-state index in [1.165, 1.54) is 19.5 Å². The molecule has 1 aliphatic heterocycles. The molecule has 3 heterocycles. The molecule has 1 amide bonds. The third-order valence-electron chi connectivity index (χ3n) is 4.00. The zero-order chi connectivity index (χ0) is 17.1. The lowest BCUT2D eigenvalue weighted by atomic mass is 10.1. The average Bonchev–Trinajstić information content (AvgIpc) is 2.93. The Bertz CT molecular complexity index is 711. The summed E-state index contributed by atoms with van der Waals surface area (Å²) >= 11 is 0. The maximum Gasteiger partial charge on any atom is 0.259 e. The summed E-state index contributed by atoms with van der Waals surface area (Å²) in [4.78, 5) is 22.7. The number of methoxy groups -OCH3 is 1. The summed E-state index contributed by atoms with van der Waals surface area (Å²) in [5, 5.41) is 3.85. The molecule has 1 atom stereocenters. The van der Waals surface area contributed by atoms with E-state index in [4.69, 9.17) is 14.0 Å². The molecule has 0 aliphatic carbocycles. The van der Waals surface area contributed by atoms with Crippen molar-refractivity contribution in [3.63, 3.8) is 0 Å². The number of hydrogen-bond acceptors (Lipinski definition) is 7. The quantitative estimate of drug-likeness (QED) is 0.842. The molecule has 3 rings (SSSR count). The molecule has 8 heteroatoms. The fourth-order valence-electron chi connectivity index (χ4n) is 2.82. The van der Waals surface area contributed by atoms with Gasteiger partial charge in [0.2, 0.25) is 11.8 Å².